The van der Waals surface area contributed by atoms with E-state index in [2.05, 4.69) is 10.6 Å². The van der Waals surface area contributed by atoms with Crippen molar-refractivity contribution in [2.45, 2.75) is 6.92 Å². The maximum absolute atomic E-state index is 12.0. The van der Waals surface area contributed by atoms with Crippen LogP contribution in [0.5, 0.6) is 17.2 Å². The second-order valence-corrected chi connectivity index (χ2v) is 5.20. The third-order valence-electron chi connectivity index (χ3n) is 3.26. The van der Waals surface area contributed by atoms with Crippen molar-refractivity contribution < 1.29 is 24.2 Å². The Balaban J connectivity index is 1.83. The molecule has 0 saturated heterocycles. The van der Waals surface area contributed by atoms with Gasteiger partial charge in [-0.15, -0.1) is 0 Å². The van der Waals surface area contributed by atoms with Gasteiger partial charge in [0.05, 0.1) is 19.2 Å². The van der Waals surface area contributed by atoms with E-state index >= 15 is 0 Å². The molecule has 7 heteroatoms. The zero-order chi connectivity index (χ0) is 18.2. The molecular formula is C18H20N2O5. The van der Waals surface area contributed by atoms with Crippen LogP contribution in [0.3, 0.4) is 0 Å². The maximum atomic E-state index is 12.0. The van der Waals surface area contributed by atoms with Crippen molar-refractivity contribution in [1.29, 1.82) is 0 Å². The Kier molecular flexibility index (Phi) is 6.22. The summed E-state index contributed by atoms with van der Waals surface area (Å²) < 4.78 is 10.5. The summed E-state index contributed by atoms with van der Waals surface area (Å²) in [7, 11) is 1.48. The maximum Gasteiger partial charge on any atom is 0.255 e. The quantitative estimate of drug-likeness (QED) is 0.669. The lowest BCUT2D eigenvalue weighted by atomic mass is 10.2. The van der Waals surface area contributed by atoms with Crippen LogP contribution in [0.1, 0.15) is 17.3 Å². The lowest BCUT2D eigenvalue weighted by Crippen LogP contribution is -2.28. The molecule has 0 bridgehead atoms. The van der Waals surface area contributed by atoms with Crippen molar-refractivity contribution in [3.05, 3.63) is 48.0 Å². The molecule has 0 aliphatic rings. The van der Waals surface area contributed by atoms with Crippen molar-refractivity contribution in [3.63, 3.8) is 0 Å². The molecule has 2 aromatic carbocycles. The summed E-state index contributed by atoms with van der Waals surface area (Å²) in [6, 6.07) is 11.4. The van der Waals surface area contributed by atoms with Crippen LogP contribution in [0, 0.1) is 0 Å². The minimum Gasteiger partial charge on any atom is -0.507 e. The van der Waals surface area contributed by atoms with Crippen LogP contribution in [0.15, 0.2) is 42.5 Å². The van der Waals surface area contributed by atoms with Crippen molar-refractivity contribution in [2.24, 2.45) is 0 Å². The zero-order valence-electron chi connectivity index (χ0n) is 14.0. The largest absolute Gasteiger partial charge is 0.507 e. The van der Waals surface area contributed by atoms with Crippen molar-refractivity contribution in [1.82, 2.24) is 5.32 Å². The van der Waals surface area contributed by atoms with Crippen LogP contribution < -0.4 is 20.1 Å². The van der Waals surface area contributed by atoms with Gasteiger partial charge in [0.1, 0.15) is 23.9 Å². The molecule has 0 fully saturated rings. The van der Waals surface area contributed by atoms with Crippen molar-refractivity contribution >= 4 is 17.5 Å². The molecule has 0 atom stereocenters. The molecule has 2 rings (SSSR count). The molecule has 0 aromatic heterocycles. The number of methoxy groups -OCH3 is 1. The number of amides is 2. The first-order valence-corrected chi connectivity index (χ1v) is 7.65. The van der Waals surface area contributed by atoms with E-state index < -0.39 is 5.91 Å². The number of hydrogen-bond donors (Lipinski definition) is 3. The number of anilines is 1. The van der Waals surface area contributed by atoms with E-state index in [9.17, 15) is 14.7 Å². The smallest absolute Gasteiger partial charge is 0.255 e. The topological polar surface area (TPSA) is 96.9 Å². The monoisotopic (exact) mass is 344 g/mol. The van der Waals surface area contributed by atoms with Crippen LogP contribution in [-0.2, 0) is 4.79 Å². The number of ether oxygens (including phenoxy) is 2. The molecule has 132 valence electrons. The highest BCUT2D eigenvalue weighted by Crippen LogP contribution is 2.23. The fraction of sp³-hybridized carbons (Fsp3) is 0.222. The van der Waals surface area contributed by atoms with E-state index in [1.54, 1.807) is 30.3 Å². The summed E-state index contributed by atoms with van der Waals surface area (Å²) in [5.74, 6) is 0.324. The van der Waals surface area contributed by atoms with Gasteiger partial charge in [-0.25, -0.2) is 0 Å². The van der Waals surface area contributed by atoms with Crippen molar-refractivity contribution in [2.75, 3.05) is 25.6 Å². The Morgan fingerprint density at radius 3 is 2.60 bits per heavy atom. The molecule has 25 heavy (non-hydrogen) atoms. The Bertz CT molecular complexity index is 761. The minimum absolute atomic E-state index is 0.152. The first-order valence-electron chi connectivity index (χ1n) is 7.65. The molecule has 0 aliphatic heterocycles. The summed E-state index contributed by atoms with van der Waals surface area (Å²) in [4.78, 5) is 23.1. The van der Waals surface area contributed by atoms with Crippen LogP contribution >= 0.6 is 0 Å². The number of hydrogen-bond acceptors (Lipinski definition) is 5. The second kappa shape index (κ2) is 8.58. The molecule has 0 heterocycles. The summed E-state index contributed by atoms with van der Waals surface area (Å²) >= 11 is 0. The highest BCUT2D eigenvalue weighted by Gasteiger charge is 2.11. The highest BCUT2D eigenvalue weighted by atomic mass is 16.5. The summed E-state index contributed by atoms with van der Waals surface area (Å²) in [6.45, 7) is 1.93. The fourth-order valence-electron chi connectivity index (χ4n) is 2.13. The van der Waals surface area contributed by atoms with Gasteiger partial charge in [0.25, 0.3) is 5.91 Å². The number of rotatable bonds is 7. The average molecular weight is 344 g/mol. The Hall–Kier alpha value is -3.22. The average Bonchev–Trinajstić information content (AvgIpc) is 2.58. The SMILES string of the molecule is COc1ccc(C(=O)NCCOc2cccc(NC(C)=O)c2)c(O)c1. The summed E-state index contributed by atoms with van der Waals surface area (Å²) in [5.41, 5.74) is 0.797. The summed E-state index contributed by atoms with van der Waals surface area (Å²) in [6.07, 6.45) is 0. The number of phenols is 1. The first-order chi connectivity index (χ1) is 12.0. The molecule has 2 aromatic rings. The van der Waals surface area contributed by atoms with Crippen LogP contribution in [0.2, 0.25) is 0 Å². The molecule has 0 radical (unpaired) electrons. The molecule has 0 aliphatic carbocycles. The third kappa shape index (κ3) is 5.42. The van der Waals surface area contributed by atoms with Crippen LogP contribution in [0.25, 0.3) is 0 Å². The molecule has 3 N–H and O–H groups in total. The van der Waals surface area contributed by atoms with Gasteiger partial charge in [-0.2, -0.15) is 0 Å². The van der Waals surface area contributed by atoms with Gasteiger partial charge in [0, 0.05) is 24.7 Å². The number of carbonyl (C=O) groups is 2. The Morgan fingerprint density at radius 2 is 1.92 bits per heavy atom. The predicted molar refractivity (Wildman–Crippen MR) is 93.2 cm³/mol. The molecular weight excluding hydrogens is 324 g/mol. The highest BCUT2D eigenvalue weighted by molar-refractivity contribution is 5.97. The number of benzene rings is 2. The van der Waals surface area contributed by atoms with Gasteiger partial charge in [-0.3, -0.25) is 9.59 Å². The van der Waals surface area contributed by atoms with E-state index in [1.807, 2.05) is 0 Å². The lowest BCUT2D eigenvalue weighted by Gasteiger charge is -2.10. The molecule has 0 unspecified atom stereocenters. The van der Waals surface area contributed by atoms with Crippen molar-refractivity contribution in [3.8, 4) is 17.2 Å². The fourth-order valence-corrected chi connectivity index (χ4v) is 2.13. The van der Waals surface area contributed by atoms with Gasteiger partial charge < -0.3 is 25.2 Å². The van der Waals surface area contributed by atoms with Crippen LogP contribution in [-0.4, -0.2) is 37.2 Å². The first kappa shape index (κ1) is 18.1. The van der Waals surface area contributed by atoms with E-state index in [1.165, 1.54) is 26.2 Å². The van der Waals surface area contributed by atoms with E-state index in [4.69, 9.17) is 9.47 Å². The molecule has 0 saturated carbocycles. The third-order valence-corrected chi connectivity index (χ3v) is 3.26. The Morgan fingerprint density at radius 1 is 1.12 bits per heavy atom. The molecule has 2 amide bonds. The van der Waals surface area contributed by atoms with Gasteiger partial charge >= 0.3 is 0 Å². The van der Waals surface area contributed by atoms with Gasteiger partial charge in [-0.1, -0.05) is 6.07 Å². The van der Waals surface area contributed by atoms with Gasteiger partial charge in [0.15, 0.2) is 0 Å². The van der Waals surface area contributed by atoms with E-state index in [0.717, 1.165) is 0 Å². The number of aromatic hydroxyl groups is 1. The number of phenolic OH excluding ortho intramolecular Hbond substituents is 1. The van der Waals surface area contributed by atoms with Gasteiger partial charge in [0.2, 0.25) is 5.91 Å². The van der Waals surface area contributed by atoms with E-state index in [0.29, 0.717) is 17.2 Å². The number of nitrogens with one attached hydrogen (secondary N) is 2. The second-order valence-electron chi connectivity index (χ2n) is 5.20. The van der Waals surface area contributed by atoms with E-state index in [-0.39, 0.29) is 30.4 Å². The normalized spacial score (nSPS) is 10.0. The van der Waals surface area contributed by atoms with Crippen LogP contribution in [0.4, 0.5) is 5.69 Å². The van der Waals surface area contributed by atoms with Gasteiger partial charge in [-0.05, 0) is 24.3 Å². The standard InChI is InChI=1S/C18H20N2O5/c1-12(21)20-13-4-3-5-15(10-13)25-9-8-19-18(23)16-7-6-14(24-2)11-17(16)22/h3-7,10-11,22H,8-9H2,1-2H3,(H,19,23)(H,20,21). The predicted octanol–water partition coefficient (Wildman–Crippen LogP) is 2.17. The minimum atomic E-state index is -0.407. The number of carbonyl (C=O) groups excluding carboxylic acids is 2. The molecule has 7 nitrogen and oxygen atoms in total. The summed E-state index contributed by atoms with van der Waals surface area (Å²) in [5, 5.41) is 15.1. The molecule has 0 spiro atoms. The Labute approximate surface area is 145 Å². The lowest BCUT2D eigenvalue weighted by molar-refractivity contribution is -0.114. The zero-order valence-corrected chi connectivity index (χ0v) is 14.0.